The number of carbonyl (C=O) groups is 1. The summed E-state index contributed by atoms with van der Waals surface area (Å²) in [4.78, 5) is 11.0. The molecule has 1 rings (SSSR count). The summed E-state index contributed by atoms with van der Waals surface area (Å²) in [5, 5.41) is 8.99. The van der Waals surface area contributed by atoms with Gasteiger partial charge in [0.25, 0.3) is 0 Å². The first-order valence-corrected chi connectivity index (χ1v) is 5.08. The van der Waals surface area contributed by atoms with Gasteiger partial charge >= 0.3 is 5.97 Å². The standard InChI is InChI=1S/C10H19NO3/c1-3-7-4-5-10(11,9(12)13)6-8(7)14-2/h7-8H,3-6,11H2,1-2H3,(H,12,13). The lowest BCUT2D eigenvalue weighted by molar-refractivity contribution is -0.147. The molecule has 1 fully saturated rings. The van der Waals surface area contributed by atoms with E-state index >= 15 is 0 Å². The van der Waals surface area contributed by atoms with E-state index in [1.54, 1.807) is 7.11 Å². The molecule has 4 nitrogen and oxygen atoms in total. The van der Waals surface area contributed by atoms with Crippen molar-refractivity contribution in [2.45, 2.75) is 44.2 Å². The Hall–Kier alpha value is -0.610. The van der Waals surface area contributed by atoms with Crippen LogP contribution in [0, 0.1) is 5.92 Å². The Bertz CT molecular complexity index is 219. The average molecular weight is 201 g/mol. The highest BCUT2D eigenvalue weighted by Crippen LogP contribution is 2.34. The van der Waals surface area contributed by atoms with Crippen molar-refractivity contribution in [1.82, 2.24) is 0 Å². The molecule has 0 spiro atoms. The second-order valence-corrected chi connectivity index (χ2v) is 4.15. The van der Waals surface area contributed by atoms with Gasteiger partial charge in [-0.05, 0) is 18.8 Å². The second-order valence-electron chi connectivity index (χ2n) is 4.15. The summed E-state index contributed by atoms with van der Waals surface area (Å²) in [6.07, 6.45) is 2.85. The van der Waals surface area contributed by atoms with Gasteiger partial charge in [0.05, 0.1) is 6.10 Å². The van der Waals surface area contributed by atoms with E-state index in [0.29, 0.717) is 18.8 Å². The van der Waals surface area contributed by atoms with Crippen LogP contribution < -0.4 is 5.73 Å². The lowest BCUT2D eigenvalue weighted by Gasteiger charge is -2.38. The summed E-state index contributed by atoms with van der Waals surface area (Å²) < 4.78 is 5.30. The molecule has 3 unspecified atom stereocenters. The number of aliphatic carboxylic acids is 1. The van der Waals surface area contributed by atoms with Crippen LogP contribution in [0.1, 0.15) is 32.6 Å². The maximum absolute atomic E-state index is 11.0. The minimum atomic E-state index is -1.08. The van der Waals surface area contributed by atoms with Gasteiger partial charge in [0, 0.05) is 13.5 Å². The van der Waals surface area contributed by atoms with Crippen LogP contribution in [-0.4, -0.2) is 29.8 Å². The monoisotopic (exact) mass is 201 g/mol. The summed E-state index contributed by atoms with van der Waals surface area (Å²) in [6, 6.07) is 0. The zero-order valence-corrected chi connectivity index (χ0v) is 8.82. The third-order valence-corrected chi connectivity index (χ3v) is 3.31. The van der Waals surface area contributed by atoms with Crippen LogP contribution in [0.4, 0.5) is 0 Å². The van der Waals surface area contributed by atoms with E-state index in [1.807, 2.05) is 0 Å². The van der Waals surface area contributed by atoms with Crippen molar-refractivity contribution in [3.63, 3.8) is 0 Å². The van der Waals surface area contributed by atoms with Gasteiger partial charge < -0.3 is 15.6 Å². The molecule has 0 saturated heterocycles. The summed E-state index contributed by atoms with van der Waals surface area (Å²) in [6.45, 7) is 2.10. The normalized spacial score (nSPS) is 38.2. The minimum absolute atomic E-state index is 0.00477. The van der Waals surface area contributed by atoms with Gasteiger partial charge in [-0.3, -0.25) is 4.79 Å². The Morgan fingerprint density at radius 2 is 2.36 bits per heavy atom. The summed E-state index contributed by atoms with van der Waals surface area (Å²) in [7, 11) is 1.63. The molecular weight excluding hydrogens is 182 g/mol. The highest BCUT2D eigenvalue weighted by Gasteiger charge is 2.42. The van der Waals surface area contributed by atoms with E-state index in [9.17, 15) is 4.79 Å². The van der Waals surface area contributed by atoms with E-state index < -0.39 is 11.5 Å². The Balaban J connectivity index is 2.69. The van der Waals surface area contributed by atoms with Crippen molar-refractivity contribution in [3.05, 3.63) is 0 Å². The van der Waals surface area contributed by atoms with Gasteiger partial charge in [0.1, 0.15) is 5.54 Å². The first-order valence-electron chi connectivity index (χ1n) is 5.08. The fraction of sp³-hybridized carbons (Fsp3) is 0.900. The molecular formula is C10H19NO3. The lowest BCUT2D eigenvalue weighted by atomic mass is 9.74. The van der Waals surface area contributed by atoms with Crippen molar-refractivity contribution in [1.29, 1.82) is 0 Å². The second kappa shape index (κ2) is 4.28. The molecule has 0 bridgehead atoms. The van der Waals surface area contributed by atoms with Gasteiger partial charge in [0.15, 0.2) is 0 Å². The van der Waals surface area contributed by atoms with Crippen molar-refractivity contribution < 1.29 is 14.6 Å². The Kier molecular flexibility index (Phi) is 3.50. The van der Waals surface area contributed by atoms with Crippen LogP contribution in [0.5, 0.6) is 0 Å². The number of methoxy groups -OCH3 is 1. The van der Waals surface area contributed by atoms with E-state index in [-0.39, 0.29) is 6.10 Å². The number of nitrogens with two attached hydrogens (primary N) is 1. The maximum Gasteiger partial charge on any atom is 0.323 e. The molecule has 3 atom stereocenters. The number of carboxylic acid groups (broad SMARTS) is 1. The molecule has 1 saturated carbocycles. The van der Waals surface area contributed by atoms with Gasteiger partial charge in [0.2, 0.25) is 0 Å². The van der Waals surface area contributed by atoms with Crippen molar-refractivity contribution in [3.8, 4) is 0 Å². The summed E-state index contributed by atoms with van der Waals surface area (Å²) >= 11 is 0. The molecule has 0 heterocycles. The Morgan fingerprint density at radius 1 is 1.71 bits per heavy atom. The van der Waals surface area contributed by atoms with Crippen LogP contribution >= 0.6 is 0 Å². The first kappa shape index (κ1) is 11.5. The molecule has 3 N–H and O–H groups in total. The predicted molar refractivity (Wildman–Crippen MR) is 53.0 cm³/mol. The summed E-state index contributed by atoms with van der Waals surface area (Å²) in [5.74, 6) is -0.454. The van der Waals surface area contributed by atoms with Crippen molar-refractivity contribution in [2.24, 2.45) is 11.7 Å². The Morgan fingerprint density at radius 3 is 2.79 bits per heavy atom. The molecule has 4 heteroatoms. The number of hydrogen-bond acceptors (Lipinski definition) is 3. The van der Waals surface area contributed by atoms with Crippen molar-refractivity contribution in [2.75, 3.05) is 7.11 Å². The topological polar surface area (TPSA) is 72.6 Å². The van der Waals surface area contributed by atoms with E-state index in [0.717, 1.165) is 12.8 Å². The van der Waals surface area contributed by atoms with E-state index in [1.165, 1.54) is 0 Å². The minimum Gasteiger partial charge on any atom is -0.480 e. The van der Waals surface area contributed by atoms with E-state index in [2.05, 4.69) is 6.92 Å². The third-order valence-electron chi connectivity index (χ3n) is 3.31. The predicted octanol–water partition coefficient (Wildman–Crippen LogP) is 0.994. The lowest BCUT2D eigenvalue weighted by Crippen LogP contribution is -2.54. The fourth-order valence-corrected chi connectivity index (χ4v) is 2.19. The highest BCUT2D eigenvalue weighted by molar-refractivity contribution is 5.78. The SMILES string of the molecule is CCC1CCC(N)(C(=O)O)CC1OC. The van der Waals surface area contributed by atoms with Gasteiger partial charge in [-0.2, -0.15) is 0 Å². The first-order chi connectivity index (χ1) is 6.53. The van der Waals surface area contributed by atoms with Gasteiger partial charge in [-0.25, -0.2) is 0 Å². The van der Waals surface area contributed by atoms with E-state index in [4.69, 9.17) is 15.6 Å². The fourth-order valence-electron chi connectivity index (χ4n) is 2.19. The van der Waals surface area contributed by atoms with Gasteiger partial charge in [-0.15, -0.1) is 0 Å². The number of hydrogen-bond donors (Lipinski definition) is 2. The average Bonchev–Trinajstić information content (AvgIpc) is 2.17. The number of rotatable bonds is 3. The molecule has 0 aliphatic heterocycles. The van der Waals surface area contributed by atoms with Crippen LogP contribution in [0.15, 0.2) is 0 Å². The van der Waals surface area contributed by atoms with Crippen LogP contribution in [0.2, 0.25) is 0 Å². The number of ether oxygens (including phenoxy) is 1. The zero-order chi connectivity index (χ0) is 10.8. The molecule has 0 aromatic heterocycles. The number of carboxylic acids is 1. The largest absolute Gasteiger partial charge is 0.480 e. The molecule has 0 aromatic rings. The summed E-state index contributed by atoms with van der Waals surface area (Å²) in [5.41, 5.74) is 4.73. The van der Waals surface area contributed by atoms with Crippen LogP contribution in [0.3, 0.4) is 0 Å². The highest BCUT2D eigenvalue weighted by atomic mass is 16.5. The quantitative estimate of drug-likeness (QED) is 0.714. The third kappa shape index (κ3) is 2.07. The molecule has 1 aliphatic rings. The maximum atomic E-state index is 11.0. The molecule has 0 aromatic carbocycles. The molecule has 0 radical (unpaired) electrons. The molecule has 0 amide bonds. The van der Waals surface area contributed by atoms with Gasteiger partial charge in [-0.1, -0.05) is 13.3 Å². The van der Waals surface area contributed by atoms with Crippen molar-refractivity contribution >= 4 is 5.97 Å². The smallest absolute Gasteiger partial charge is 0.323 e. The van der Waals surface area contributed by atoms with Crippen LogP contribution in [0.25, 0.3) is 0 Å². The van der Waals surface area contributed by atoms with Crippen LogP contribution in [-0.2, 0) is 9.53 Å². The molecule has 1 aliphatic carbocycles. The zero-order valence-electron chi connectivity index (χ0n) is 8.82. The molecule has 14 heavy (non-hydrogen) atoms. The molecule has 82 valence electrons. The Labute approximate surface area is 84.4 Å².